The number of aliphatic hydroxyl groups is 1. The van der Waals surface area contributed by atoms with Gasteiger partial charge < -0.3 is 15.2 Å². The van der Waals surface area contributed by atoms with Gasteiger partial charge in [0.25, 0.3) is 0 Å². The maximum Gasteiger partial charge on any atom is 0.220 e. The van der Waals surface area contributed by atoms with Gasteiger partial charge >= 0.3 is 0 Å². The molecule has 0 aromatic carbocycles. The predicted molar refractivity (Wildman–Crippen MR) is 57.5 cm³/mol. The van der Waals surface area contributed by atoms with Crippen molar-refractivity contribution in [3.63, 3.8) is 0 Å². The molecule has 1 amide bonds. The summed E-state index contributed by atoms with van der Waals surface area (Å²) in [5.41, 5.74) is 0. The summed E-state index contributed by atoms with van der Waals surface area (Å²) in [7, 11) is 0. The van der Waals surface area contributed by atoms with Gasteiger partial charge in [0.1, 0.15) is 0 Å². The molecule has 0 aromatic rings. The Morgan fingerprint density at radius 1 is 1.67 bits per heavy atom. The summed E-state index contributed by atoms with van der Waals surface area (Å²) in [6, 6.07) is 0. The topological polar surface area (TPSA) is 58.6 Å². The largest absolute Gasteiger partial charge is 0.396 e. The average Bonchev–Trinajstić information content (AvgIpc) is 2.75. The third-order valence-electron chi connectivity index (χ3n) is 2.68. The first-order valence-electron chi connectivity index (χ1n) is 5.71. The van der Waals surface area contributed by atoms with Crippen molar-refractivity contribution in [2.24, 2.45) is 5.92 Å². The van der Waals surface area contributed by atoms with E-state index < -0.39 is 0 Å². The van der Waals surface area contributed by atoms with Crippen LogP contribution in [0.3, 0.4) is 0 Å². The van der Waals surface area contributed by atoms with Crippen molar-refractivity contribution < 1.29 is 14.6 Å². The standard InChI is InChI=1S/C11H21NO3/c1-9(8-13)7-12-11(14)5-4-10-3-2-6-15-10/h9-10,13H,2-8H2,1H3,(H,12,14). The Kier molecular flexibility index (Phi) is 5.65. The number of amides is 1. The fourth-order valence-electron chi connectivity index (χ4n) is 1.61. The van der Waals surface area contributed by atoms with Crippen LogP contribution in [0.25, 0.3) is 0 Å². The van der Waals surface area contributed by atoms with E-state index >= 15 is 0 Å². The lowest BCUT2D eigenvalue weighted by atomic mass is 10.1. The SMILES string of the molecule is CC(CO)CNC(=O)CCC1CCCO1. The number of aliphatic hydroxyl groups excluding tert-OH is 1. The van der Waals surface area contributed by atoms with Crippen LogP contribution in [0, 0.1) is 5.92 Å². The third-order valence-corrected chi connectivity index (χ3v) is 2.68. The summed E-state index contributed by atoms with van der Waals surface area (Å²) in [6.07, 6.45) is 3.84. The van der Waals surface area contributed by atoms with Crippen LogP contribution >= 0.6 is 0 Å². The van der Waals surface area contributed by atoms with Crippen LogP contribution in [0.2, 0.25) is 0 Å². The number of nitrogens with one attached hydrogen (secondary N) is 1. The van der Waals surface area contributed by atoms with Gasteiger partial charge in [-0.2, -0.15) is 0 Å². The molecule has 88 valence electrons. The highest BCUT2D eigenvalue weighted by atomic mass is 16.5. The van der Waals surface area contributed by atoms with Gasteiger partial charge in [-0.25, -0.2) is 0 Å². The number of ether oxygens (including phenoxy) is 1. The molecular weight excluding hydrogens is 194 g/mol. The van der Waals surface area contributed by atoms with Gasteiger partial charge in [-0.15, -0.1) is 0 Å². The Balaban J connectivity index is 2.02. The van der Waals surface area contributed by atoms with E-state index in [0.29, 0.717) is 13.0 Å². The Hall–Kier alpha value is -0.610. The van der Waals surface area contributed by atoms with Crippen molar-refractivity contribution in [3.8, 4) is 0 Å². The Bertz CT molecular complexity index is 190. The molecule has 1 aliphatic heterocycles. The van der Waals surface area contributed by atoms with Crippen LogP contribution in [0.4, 0.5) is 0 Å². The van der Waals surface area contributed by atoms with Crippen LogP contribution in [-0.4, -0.2) is 36.9 Å². The van der Waals surface area contributed by atoms with Crippen LogP contribution in [0.15, 0.2) is 0 Å². The van der Waals surface area contributed by atoms with E-state index in [2.05, 4.69) is 5.32 Å². The molecule has 0 radical (unpaired) electrons. The normalized spacial score (nSPS) is 22.7. The molecule has 2 N–H and O–H groups in total. The summed E-state index contributed by atoms with van der Waals surface area (Å²) in [4.78, 5) is 11.4. The molecule has 0 aromatic heterocycles. The van der Waals surface area contributed by atoms with Crippen molar-refractivity contribution in [2.75, 3.05) is 19.8 Å². The number of carbonyl (C=O) groups is 1. The van der Waals surface area contributed by atoms with Gasteiger partial charge in [0.05, 0.1) is 6.10 Å². The van der Waals surface area contributed by atoms with Crippen molar-refractivity contribution in [1.82, 2.24) is 5.32 Å². The van der Waals surface area contributed by atoms with E-state index in [9.17, 15) is 4.79 Å². The lowest BCUT2D eigenvalue weighted by Crippen LogP contribution is -2.30. The molecule has 0 bridgehead atoms. The molecule has 1 fully saturated rings. The predicted octanol–water partition coefficient (Wildman–Crippen LogP) is 0.690. The second-order valence-corrected chi connectivity index (χ2v) is 4.27. The minimum atomic E-state index is 0.0609. The van der Waals surface area contributed by atoms with Gasteiger partial charge in [0.15, 0.2) is 0 Å². The Morgan fingerprint density at radius 2 is 2.47 bits per heavy atom. The van der Waals surface area contributed by atoms with E-state index in [-0.39, 0.29) is 24.5 Å². The van der Waals surface area contributed by atoms with Crippen LogP contribution in [0.5, 0.6) is 0 Å². The minimum absolute atomic E-state index is 0.0609. The quantitative estimate of drug-likeness (QED) is 0.685. The van der Waals surface area contributed by atoms with Crippen molar-refractivity contribution in [2.45, 2.75) is 38.7 Å². The summed E-state index contributed by atoms with van der Waals surface area (Å²) < 4.78 is 5.43. The molecule has 1 aliphatic rings. The smallest absolute Gasteiger partial charge is 0.220 e. The molecule has 4 heteroatoms. The van der Waals surface area contributed by atoms with Gasteiger partial charge in [-0.05, 0) is 25.2 Å². The average molecular weight is 215 g/mol. The second-order valence-electron chi connectivity index (χ2n) is 4.27. The lowest BCUT2D eigenvalue weighted by molar-refractivity contribution is -0.121. The van der Waals surface area contributed by atoms with E-state index in [1.165, 1.54) is 0 Å². The molecule has 1 saturated heterocycles. The zero-order valence-electron chi connectivity index (χ0n) is 9.37. The van der Waals surface area contributed by atoms with Gasteiger partial charge in [0.2, 0.25) is 5.91 Å². The maximum absolute atomic E-state index is 11.4. The fourth-order valence-corrected chi connectivity index (χ4v) is 1.61. The minimum Gasteiger partial charge on any atom is -0.396 e. The fraction of sp³-hybridized carbons (Fsp3) is 0.909. The monoisotopic (exact) mass is 215 g/mol. The number of carbonyl (C=O) groups excluding carboxylic acids is 1. The number of rotatable bonds is 6. The highest BCUT2D eigenvalue weighted by molar-refractivity contribution is 5.75. The van der Waals surface area contributed by atoms with Gasteiger partial charge in [-0.1, -0.05) is 6.92 Å². The van der Waals surface area contributed by atoms with Gasteiger partial charge in [-0.3, -0.25) is 4.79 Å². The summed E-state index contributed by atoms with van der Waals surface area (Å²) in [6.45, 7) is 3.42. The molecule has 15 heavy (non-hydrogen) atoms. The third kappa shape index (κ3) is 5.14. The molecule has 2 unspecified atom stereocenters. The van der Waals surface area contributed by atoms with Crippen molar-refractivity contribution in [3.05, 3.63) is 0 Å². The van der Waals surface area contributed by atoms with E-state index in [1.54, 1.807) is 0 Å². The van der Waals surface area contributed by atoms with Crippen molar-refractivity contribution in [1.29, 1.82) is 0 Å². The molecule has 0 saturated carbocycles. The summed E-state index contributed by atoms with van der Waals surface area (Å²) >= 11 is 0. The first-order valence-corrected chi connectivity index (χ1v) is 5.71. The summed E-state index contributed by atoms with van der Waals surface area (Å²) in [5, 5.41) is 11.6. The first kappa shape index (κ1) is 12.5. The van der Waals surface area contributed by atoms with Crippen LogP contribution in [0.1, 0.15) is 32.6 Å². The maximum atomic E-state index is 11.4. The lowest BCUT2D eigenvalue weighted by Gasteiger charge is -2.11. The van der Waals surface area contributed by atoms with Crippen molar-refractivity contribution >= 4 is 5.91 Å². The molecule has 1 heterocycles. The van der Waals surface area contributed by atoms with Gasteiger partial charge in [0, 0.05) is 26.2 Å². The van der Waals surface area contributed by atoms with Crippen LogP contribution in [-0.2, 0) is 9.53 Å². The molecular formula is C11H21NO3. The van der Waals surface area contributed by atoms with E-state index in [0.717, 1.165) is 25.9 Å². The highest BCUT2D eigenvalue weighted by Gasteiger charge is 2.16. The second kappa shape index (κ2) is 6.80. The number of hydrogen-bond donors (Lipinski definition) is 2. The van der Waals surface area contributed by atoms with Crippen LogP contribution < -0.4 is 5.32 Å². The molecule has 0 spiro atoms. The zero-order chi connectivity index (χ0) is 11.1. The zero-order valence-corrected chi connectivity index (χ0v) is 9.37. The Labute approximate surface area is 91.0 Å². The highest BCUT2D eigenvalue weighted by Crippen LogP contribution is 2.16. The molecule has 0 aliphatic carbocycles. The molecule has 2 atom stereocenters. The summed E-state index contributed by atoms with van der Waals surface area (Å²) in [5.74, 6) is 0.197. The van der Waals surface area contributed by atoms with E-state index in [1.807, 2.05) is 6.92 Å². The molecule has 4 nitrogen and oxygen atoms in total. The molecule has 1 rings (SSSR count). The Morgan fingerprint density at radius 3 is 3.07 bits per heavy atom. The van der Waals surface area contributed by atoms with E-state index in [4.69, 9.17) is 9.84 Å². The first-order chi connectivity index (χ1) is 7.22. The number of hydrogen-bond acceptors (Lipinski definition) is 3.